The number of aliphatic carboxylic acids is 1. The molecule has 1 amide bonds. The van der Waals surface area contributed by atoms with Gasteiger partial charge >= 0.3 is 5.97 Å². The number of carbonyl (C=O) groups is 2. The number of methoxy groups -OCH3 is 1. The highest BCUT2D eigenvalue weighted by molar-refractivity contribution is 5.89. The second-order valence-electron chi connectivity index (χ2n) is 6.86. The molecule has 2 aromatic rings. The van der Waals surface area contributed by atoms with Crippen LogP contribution in [0.4, 0.5) is 0 Å². The van der Waals surface area contributed by atoms with Crippen molar-refractivity contribution in [2.45, 2.75) is 19.8 Å². The lowest BCUT2D eigenvalue weighted by atomic mass is 9.96. The summed E-state index contributed by atoms with van der Waals surface area (Å²) < 4.78 is 5.24. The molecule has 1 aliphatic rings. The van der Waals surface area contributed by atoms with E-state index in [1.54, 1.807) is 12.0 Å². The van der Waals surface area contributed by atoms with E-state index in [0.717, 1.165) is 22.1 Å². The molecule has 1 saturated heterocycles. The van der Waals surface area contributed by atoms with Gasteiger partial charge in [0.1, 0.15) is 5.75 Å². The summed E-state index contributed by atoms with van der Waals surface area (Å²) in [6.07, 6.45) is 0. The molecular formula is C20H23NO4. The fraction of sp³-hybridized carbons (Fsp3) is 0.400. The number of fused-ring (bicyclic) bond motifs is 1. The normalized spacial score (nSPS) is 21.3. The van der Waals surface area contributed by atoms with Gasteiger partial charge in [0.2, 0.25) is 5.91 Å². The summed E-state index contributed by atoms with van der Waals surface area (Å²) in [5.74, 6) is -0.821. The van der Waals surface area contributed by atoms with E-state index < -0.39 is 11.9 Å². The summed E-state index contributed by atoms with van der Waals surface area (Å²) in [6, 6.07) is 11.8. The first-order valence-corrected chi connectivity index (χ1v) is 8.50. The summed E-state index contributed by atoms with van der Waals surface area (Å²) in [5, 5.41) is 11.4. The molecule has 1 aliphatic heterocycles. The SMILES string of the molecule is COc1ccc2cc(C(C)C(=O)N3C[C@@H](C)[C@H](C(=O)O)C3)ccc2c1. The van der Waals surface area contributed by atoms with Crippen LogP contribution in [0.25, 0.3) is 10.8 Å². The van der Waals surface area contributed by atoms with Crippen LogP contribution in [-0.2, 0) is 9.59 Å². The molecule has 5 heteroatoms. The minimum Gasteiger partial charge on any atom is -0.497 e. The second-order valence-corrected chi connectivity index (χ2v) is 6.86. The van der Waals surface area contributed by atoms with Crippen LogP contribution in [0.2, 0.25) is 0 Å². The number of hydrogen-bond donors (Lipinski definition) is 1. The smallest absolute Gasteiger partial charge is 0.308 e. The standard InChI is InChI=1S/C20H23NO4/c1-12-10-21(11-18(12)20(23)24)19(22)13(2)14-4-5-16-9-17(25-3)7-6-15(16)8-14/h4-9,12-13,18H,10-11H2,1-3H3,(H,23,24)/t12-,13?,18-/m1/s1. The summed E-state index contributed by atoms with van der Waals surface area (Å²) in [7, 11) is 1.64. The van der Waals surface area contributed by atoms with Crippen molar-refractivity contribution in [1.82, 2.24) is 4.90 Å². The summed E-state index contributed by atoms with van der Waals surface area (Å²) in [6.45, 7) is 4.57. The Morgan fingerprint density at radius 1 is 1.16 bits per heavy atom. The minimum absolute atomic E-state index is 0.0107. The van der Waals surface area contributed by atoms with Gasteiger partial charge in [-0.1, -0.05) is 31.2 Å². The van der Waals surface area contributed by atoms with Crippen LogP contribution in [-0.4, -0.2) is 42.1 Å². The van der Waals surface area contributed by atoms with Crippen molar-refractivity contribution >= 4 is 22.6 Å². The predicted molar refractivity (Wildman–Crippen MR) is 95.8 cm³/mol. The number of likely N-dealkylation sites (tertiary alicyclic amines) is 1. The Morgan fingerprint density at radius 3 is 2.48 bits per heavy atom. The molecule has 0 radical (unpaired) electrons. The molecule has 1 N–H and O–H groups in total. The number of carbonyl (C=O) groups excluding carboxylic acids is 1. The molecule has 2 aromatic carbocycles. The van der Waals surface area contributed by atoms with E-state index >= 15 is 0 Å². The fourth-order valence-electron chi connectivity index (χ4n) is 3.52. The number of amides is 1. The zero-order valence-electron chi connectivity index (χ0n) is 14.7. The Kier molecular flexibility index (Phi) is 4.66. The van der Waals surface area contributed by atoms with Crippen LogP contribution in [0.5, 0.6) is 5.75 Å². The summed E-state index contributed by atoms with van der Waals surface area (Å²) in [5.41, 5.74) is 0.939. The highest BCUT2D eigenvalue weighted by Crippen LogP contribution is 2.29. The molecule has 25 heavy (non-hydrogen) atoms. The Morgan fingerprint density at radius 2 is 1.84 bits per heavy atom. The van der Waals surface area contributed by atoms with E-state index in [4.69, 9.17) is 4.74 Å². The van der Waals surface area contributed by atoms with Crippen molar-refractivity contribution in [3.8, 4) is 5.75 Å². The lowest BCUT2D eigenvalue weighted by Gasteiger charge is -2.21. The number of rotatable bonds is 4. The maximum Gasteiger partial charge on any atom is 0.308 e. The first kappa shape index (κ1) is 17.3. The average Bonchev–Trinajstić information content (AvgIpc) is 3.01. The van der Waals surface area contributed by atoms with E-state index in [1.807, 2.05) is 50.2 Å². The molecule has 0 saturated carbocycles. The molecule has 5 nitrogen and oxygen atoms in total. The quantitative estimate of drug-likeness (QED) is 0.928. The first-order chi connectivity index (χ1) is 11.9. The highest BCUT2D eigenvalue weighted by atomic mass is 16.5. The van der Waals surface area contributed by atoms with Gasteiger partial charge in [-0.25, -0.2) is 0 Å². The minimum atomic E-state index is -0.824. The Bertz CT molecular complexity index is 816. The molecule has 132 valence electrons. The van der Waals surface area contributed by atoms with E-state index in [9.17, 15) is 14.7 Å². The van der Waals surface area contributed by atoms with Gasteiger partial charge in [0.05, 0.1) is 18.9 Å². The number of ether oxygens (including phenoxy) is 1. The summed E-state index contributed by atoms with van der Waals surface area (Å²) in [4.78, 5) is 25.8. The molecular weight excluding hydrogens is 318 g/mol. The second kappa shape index (κ2) is 6.75. The summed E-state index contributed by atoms with van der Waals surface area (Å²) >= 11 is 0. The predicted octanol–water partition coefficient (Wildman–Crippen LogP) is 3.13. The molecule has 3 rings (SSSR count). The van der Waals surface area contributed by atoms with Crippen LogP contribution in [0, 0.1) is 11.8 Å². The van der Waals surface area contributed by atoms with E-state index in [-0.39, 0.29) is 17.7 Å². The zero-order valence-corrected chi connectivity index (χ0v) is 14.7. The van der Waals surface area contributed by atoms with Gasteiger partial charge < -0.3 is 14.7 Å². The highest BCUT2D eigenvalue weighted by Gasteiger charge is 2.38. The van der Waals surface area contributed by atoms with Crippen LogP contribution < -0.4 is 4.74 Å². The van der Waals surface area contributed by atoms with Crippen LogP contribution in [0.15, 0.2) is 36.4 Å². The lowest BCUT2D eigenvalue weighted by Crippen LogP contribution is -2.33. The first-order valence-electron chi connectivity index (χ1n) is 8.50. The van der Waals surface area contributed by atoms with Crippen molar-refractivity contribution in [3.63, 3.8) is 0 Å². The largest absolute Gasteiger partial charge is 0.497 e. The third kappa shape index (κ3) is 3.31. The monoisotopic (exact) mass is 341 g/mol. The van der Waals surface area contributed by atoms with Gasteiger partial charge in [0.25, 0.3) is 0 Å². The Hall–Kier alpha value is -2.56. The molecule has 0 spiro atoms. The van der Waals surface area contributed by atoms with Gasteiger partial charge in [0, 0.05) is 13.1 Å². The van der Waals surface area contributed by atoms with E-state index in [1.165, 1.54) is 0 Å². The third-order valence-corrected chi connectivity index (χ3v) is 5.18. The van der Waals surface area contributed by atoms with Crippen molar-refractivity contribution in [2.24, 2.45) is 11.8 Å². The molecule has 1 unspecified atom stereocenters. The molecule has 1 fully saturated rings. The maximum absolute atomic E-state index is 12.8. The number of carboxylic acids is 1. The molecule has 0 aliphatic carbocycles. The molecule has 3 atom stereocenters. The number of benzene rings is 2. The lowest BCUT2D eigenvalue weighted by molar-refractivity contribution is -0.142. The van der Waals surface area contributed by atoms with E-state index in [2.05, 4.69) is 0 Å². The maximum atomic E-state index is 12.8. The van der Waals surface area contributed by atoms with Crippen LogP contribution in [0.1, 0.15) is 25.3 Å². The van der Waals surface area contributed by atoms with Gasteiger partial charge in [-0.2, -0.15) is 0 Å². The van der Waals surface area contributed by atoms with Crippen molar-refractivity contribution < 1.29 is 19.4 Å². The van der Waals surface area contributed by atoms with Gasteiger partial charge in [-0.15, -0.1) is 0 Å². The number of hydrogen-bond acceptors (Lipinski definition) is 3. The average molecular weight is 341 g/mol. The number of carboxylic acid groups (broad SMARTS) is 1. The Balaban J connectivity index is 1.80. The third-order valence-electron chi connectivity index (χ3n) is 5.18. The van der Waals surface area contributed by atoms with Crippen LogP contribution in [0.3, 0.4) is 0 Å². The van der Waals surface area contributed by atoms with Crippen molar-refractivity contribution in [3.05, 3.63) is 42.0 Å². The van der Waals surface area contributed by atoms with Gasteiger partial charge in [-0.05, 0) is 41.3 Å². The molecule has 0 bridgehead atoms. The van der Waals surface area contributed by atoms with Gasteiger partial charge in [0.15, 0.2) is 0 Å². The molecule has 1 heterocycles. The van der Waals surface area contributed by atoms with Crippen molar-refractivity contribution in [1.29, 1.82) is 0 Å². The van der Waals surface area contributed by atoms with E-state index in [0.29, 0.717) is 13.1 Å². The topological polar surface area (TPSA) is 66.8 Å². The number of nitrogens with zero attached hydrogens (tertiary/aromatic N) is 1. The fourth-order valence-corrected chi connectivity index (χ4v) is 3.52. The zero-order chi connectivity index (χ0) is 18.1. The van der Waals surface area contributed by atoms with Crippen molar-refractivity contribution in [2.75, 3.05) is 20.2 Å². The van der Waals surface area contributed by atoms with Crippen LogP contribution >= 0.6 is 0 Å². The van der Waals surface area contributed by atoms with Gasteiger partial charge in [-0.3, -0.25) is 9.59 Å². The Labute approximate surface area is 147 Å². The molecule has 0 aromatic heterocycles.